The highest BCUT2D eigenvalue weighted by Gasteiger charge is 2.63. The van der Waals surface area contributed by atoms with Gasteiger partial charge in [0.15, 0.2) is 17.3 Å². The van der Waals surface area contributed by atoms with Gasteiger partial charge in [0.25, 0.3) is 0 Å². The van der Waals surface area contributed by atoms with E-state index in [-0.39, 0.29) is 43.5 Å². The number of ether oxygens (including phenoxy) is 3. The van der Waals surface area contributed by atoms with Gasteiger partial charge in [-0.25, -0.2) is 28.2 Å². The molecule has 4 heterocycles. The molecule has 3 aromatic rings. The number of imidazole rings is 1. The van der Waals surface area contributed by atoms with Gasteiger partial charge in [0.1, 0.15) is 24.1 Å². The maximum Gasteiger partial charge on any atom is 0.319 e. The van der Waals surface area contributed by atoms with E-state index in [1.165, 1.54) is 10.6 Å². The van der Waals surface area contributed by atoms with Gasteiger partial charge >= 0.3 is 6.03 Å². The number of carbonyl (C=O) groups is 1. The number of nitrogens with zero attached hydrogens (tertiary/aromatic N) is 5. The van der Waals surface area contributed by atoms with E-state index in [1.54, 1.807) is 24.7 Å². The first-order chi connectivity index (χ1) is 20.1. The molecule has 2 fully saturated rings. The Kier molecular flexibility index (Phi) is 8.15. The van der Waals surface area contributed by atoms with Crippen LogP contribution in [0.1, 0.15) is 46.6 Å². The highest BCUT2D eigenvalue weighted by Crippen LogP contribution is 2.47. The van der Waals surface area contributed by atoms with Crippen molar-refractivity contribution in [1.82, 2.24) is 29.1 Å². The molecule has 14 nitrogen and oxygen atoms in total. The van der Waals surface area contributed by atoms with Gasteiger partial charge in [0.05, 0.1) is 19.2 Å². The molecule has 4 N–H and O–H groups in total. The summed E-state index contributed by atoms with van der Waals surface area (Å²) in [5.74, 6) is -0.753. The van der Waals surface area contributed by atoms with E-state index in [2.05, 4.69) is 46.4 Å². The molecule has 2 aliphatic heterocycles. The van der Waals surface area contributed by atoms with Crippen LogP contribution in [0, 0.1) is 0 Å². The largest absolute Gasteiger partial charge is 0.382 e. The zero-order chi connectivity index (χ0) is 31.2. The maximum atomic E-state index is 12.8. The molecular formula is C28H40N8O6S. The van der Waals surface area contributed by atoms with Gasteiger partial charge in [0.2, 0.25) is 15.7 Å². The van der Waals surface area contributed by atoms with E-state index in [0.29, 0.717) is 23.3 Å². The van der Waals surface area contributed by atoms with E-state index in [9.17, 15) is 13.2 Å². The van der Waals surface area contributed by atoms with Crippen molar-refractivity contribution in [2.75, 3.05) is 43.5 Å². The number of carbonyl (C=O) groups excluding carboxylic acids is 1. The van der Waals surface area contributed by atoms with Gasteiger partial charge < -0.3 is 30.6 Å². The normalized spacial score (nSPS) is 23.5. The molecule has 3 unspecified atom stereocenters. The summed E-state index contributed by atoms with van der Waals surface area (Å²) in [5.41, 5.74) is 7.59. The average Bonchev–Trinajstić information content (AvgIpc) is 3.55. The smallest absolute Gasteiger partial charge is 0.319 e. The fourth-order valence-electron chi connectivity index (χ4n) is 5.51. The zero-order valence-electron chi connectivity index (χ0n) is 25.3. The first-order valence-corrected chi connectivity index (χ1v) is 16.0. The van der Waals surface area contributed by atoms with Crippen molar-refractivity contribution in [1.29, 1.82) is 0 Å². The molecule has 0 saturated carbocycles. The molecule has 15 heteroatoms. The van der Waals surface area contributed by atoms with Crippen LogP contribution in [0.15, 0.2) is 36.9 Å². The molecule has 43 heavy (non-hydrogen) atoms. The van der Waals surface area contributed by atoms with Crippen LogP contribution < -0.4 is 16.4 Å². The van der Waals surface area contributed by atoms with E-state index in [1.807, 2.05) is 24.3 Å². The lowest BCUT2D eigenvalue weighted by atomic mass is 9.87. The van der Waals surface area contributed by atoms with Gasteiger partial charge in [-0.05, 0) is 43.4 Å². The van der Waals surface area contributed by atoms with Crippen LogP contribution in [0.3, 0.4) is 0 Å². The lowest BCUT2D eigenvalue weighted by molar-refractivity contribution is -0.205. The van der Waals surface area contributed by atoms with Crippen LogP contribution in [-0.4, -0.2) is 88.8 Å². The van der Waals surface area contributed by atoms with Gasteiger partial charge in [0, 0.05) is 25.3 Å². The highest BCUT2D eigenvalue weighted by molar-refractivity contribution is 7.88. The second-order valence-corrected chi connectivity index (χ2v) is 14.4. The summed E-state index contributed by atoms with van der Waals surface area (Å²) in [4.78, 5) is 25.2. The first kappa shape index (κ1) is 31.1. The summed E-state index contributed by atoms with van der Waals surface area (Å²) >= 11 is 0. The zero-order valence-corrected chi connectivity index (χ0v) is 26.1. The van der Waals surface area contributed by atoms with Crippen LogP contribution in [0.2, 0.25) is 0 Å². The van der Waals surface area contributed by atoms with Crippen molar-refractivity contribution in [2.24, 2.45) is 0 Å². The number of nitrogens with one attached hydrogen (secondary N) is 2. The summed E-state index contributed by atoms with van der Waals surface area (Å²) in [5, 5.41) is 5.60. The first-order valence-electron chi connectivity index (χ1n) is 14.1. The number of aromatic nitrogens is 4. The van der Waals surface area contributed by atoms with Crippen molar-refractivity contribution < 1.29 is 27.4 Å². The SMILES string of the molecule is CC1(C)OC2C(CN(CCCNC(=O)Nc3ccc(C(C)(C)C)cc3)S(C)(=O)=O)OCC2(n2cnc3c(N)ncnc32)O1. The lowest BCUT2D eigenvalue weighted by Gasteiger charge is -2.29. The molecule has 2 aromatic heterocycles. The van der Waals surface area contributed by atoms with Gasteiger partial charge in [-0.15, -0.1) is 0 Å². The summed E-state index contributed by atoms with van der Waals surface area (Å²) in [6.45, 7) is 10.5. The Balaban J connectivity index is 1.22. The molecule has 0 spiro atoms. The molecule has 0 radical (unpaired) electrons. The molecule has 3 atom stereocenters. The van der Waals surface area contributed by atoms with Crippen molar-refractivity contribution in [3.05, 3.63) is 42.5 Å². The van der Waals surface area contributed by atoms with Crippen LogP contribution in [0.25, 0.3) is 11.2 Å². The second kappa shape index (κ2) is 11.3. The number of hydrogen-bond acceptors (Lipinski definition) is 10. The third-order valence-corrected chi connectivity index (χ3v) is 8.89. The van der Waals surface area contributed by atoms with Crippen molar-refractivity contribution in [3.63, 3.8) is 0 Å². The van der Waals surface area contributed by atoms with E-state index in [4.69, 9.17) is 19.9 Å². The molecule has 234 valence electrons. The summed E-state index contributed by atoms with van der Waals surface area (Å²) in [6.07, 6.45) is 3.11. The Hall–Kier alpha value is -3.37. The van der Waals surface area contributed by atoms with E-state index < -0.39 is 33.7 Å². The summed E-state index contributed by atoms with van der Waals surface area (Å²) < 4.78 is 47.4. The Bertz CT molecular complexity index is 1590. The number of urea groups is 1. The van der Waals surface area contributed by atoms with Gasteiger partial charge in [-0.2, -0.15) is 4.31 Å². The monoisotopic (exact) mass is 616 g/mol. The number of rotatable bonds is 9. The van der Waals surface area contributed by atoms with Crippen LogP contribution >= 0.6 is 0 Å². The molecular weight excluding hydrogens is 576 g/mol. The summed E-state index contributed by atoms with van der Waals surface area (Å²) in [6, 6.07) is 7.32. The second-order valence-electron chi connectivity index (χ2n) is 12.5. The number of nitrogens with two attached hydrogens (primary N) is 1. The number of nitrogen functional groups attached to an aromatic ring is 1. The Morgan fingerprint density at radius 2 is 1.91 bits per heavy atom. The minimum Gasteiger partial charge on any atom is -0.382 e. The van der Waals surface area contributed by atoms with Crippen molar-refractivity contribution in [3.8, 4) is 0 Å². The Morgan fingerprint density at radius 1 is 1.19 bits per heavy atom. The molecule has 5 rings (SSSR count). The van der Waals surface area contributed by atoms with E-state index >= 15 is 0 Å². The van der Waals surface area contributed by atoms with Gasteiger partial charge in [-0.1, -0.05) is 32.9 Å². The number of benzene rings is 1. The Morgan fingerprint density at radius 3 is 2.58 bits per heavy atom. The maximum absolute atomic E-state index is 12.8. The van der Waals surface area contributed by atoms with Crippen molar-refractivity contribution >= 4 is 38.7 Å². The number of fused-ring (bicyclic) bond motifs is 2. The number of anilines is 2. The third-order valence-electron chi connectivity index (χ3n) is 7.62. The average molecular weight is 617 g/mol. The minimum absolute atomic E-state index is 0.0156. The fraction of sp³-hybridized carbons (Fsp3) is 0.571. The molecule has 0 bridgehead atoms. The molecule has 2 amide bonds. The number of hydrogen-bond donors (Lipinski definition) is 3. The van der Waals surface area contributed by atoms with E-state index in [0.717, 1.165) is 11.8 Å². The number of amides is 2. The minimum atomic E-state index is -3.62. The Labute approximate surface area is 251 Å². The van der Waals surface area contributed by atoms with Crippen LogP contribution in [0.4, 0.5) is 16.3 Å². The quantitative estimate of drug-likeness (QED) is 0.303. The topological polar surface area (TPSA) is 176 Å². The highest BCUT2D eigenvalue weighted by atomic mass is 32.2. The van der Waals surface area contributed by atoms with Gasteiger partial charge in [-0.3, -0.25) is 4.57 Å². The molecule has 2 saturated heterocycles. The molecule has 0 aliphatic carbocycles. The van der Waals surface area contributed by atoms with Crippen LogP contribution in [-0.2, 0) is 35.4 Å². The third kappa shape index (κ3) is 6.45. The standard InChI is InChI=1S/C28H40N8O6S/c1-26(2,3)18-8-10-19(11-9-18)34-25(37)30-12-7-13-35(43(6,38)39)14-20-22-28(15-40-20,42-27(4,5)41-22)36-17-33-21-23(29)31-16-32-24(21)36/h8-11,16-17,20,22H,7,12-15H2,1-6H3,(H2,29,31,32)(H2,30,34,37). The molecule has 2 aliphatic rings. The molecule has 1 aromatic carbocycles. The predicted octanol–water partition coefficient (Wildman–Crippen LogP) is 2.38. The van der Waals surface area contributed by atoms with Crippen LogP contribution in [0.5, 0.6) is 0 Å². The van der Waals surface area contributed by atoms with Crippen molar-refractivity contribution in [2.45, 2.75) is 70.2 Å². The number of sulfonamides is 1. The fourth-order valence-corrected chi connectivity index (χ4v) is 6.39. The lowest BCUT2D eigenvalue weighted by Crippen LogP contribution is -2.47. The predicted molar refractivity (Wildman–Crippen MR) is 161 cm³/mol. The summed E-state index contributed by atoms with van der Waals surface area (Å²) in [7, 11) is -3.62.